The number of fused-ring (bicyclic) bond motifs is 5. The fourth-order valence-electron chi connectivity index (χ4n) is 6.46. The third kappa shape index (κ3) is 4.15. The van der Waals surface area contributed by atoms with Crippen molar-refractivity contribution in [2.75, 3.05) is 34.4 Å². The topological polar surface area (TPSA) is 196 Å². The van der Waals surface area contributed by atoms with Crippen LogP contribution >= 0.6 is 15.9 Å². The first-order chi connectivity index (χ1) is 21.4. The van der Waals surface area contributed by atoms with Crippen LogP contribution < -0.4 is 5.56 Å². The van der Waals surface area contributed by atoms with Crippen LogP contribution in [0.4, 0.5) is 0 Å². The first kappa shape index (κ1) is 30.2. The molecule has 3 aliphatic carbocycles. The number of H-pyrrole nitrogens is 1. The number of aromatic amines is 1. The average Bonchev–Trinajstić information content (AvgIpc) is 3.50. The second-order valence-corrected chi connectivity index (χ2v) is 12.0. The van der Waals surface area contributed by atoms with E-state index < -0.39 is 79.4 Å². The summed E-state index contributed by atoms with van der Waals surface area (Å²) in [5.74, 6) is -6.77. The van der Waals surface area contributed by atoms with Crippen molar-refractivity contribution in [2.24, 2.45) is 5.16 Å². The summed E-state index contributed by atoms with van der Waals surface area (Å²) in [6.45, 7) is 1.17. The molecule has 0 aliphatic heterocycles. The summed E-state index contributed by atoms with van der Waals surface area (Å²) in [4.78, 5) is 77.3. The van der Waals surface area contributed by atoms with E-state index in [9.17, 15) is 39.3 Å². The number of ketones is 4. The molecular weight excluding hydrogens is 654 g/mol. The predicted octanol–water partition coefficient (Wildman–Crippen LogP) is 2.88. The van der Waals surface area contributed by atoms with Crippen LogP contribution in [0.2, 0.25) is 0 Å². The number of benzene rings is 2. The van der Waals surface area contributed by atoms with Gasteiger partial charge in [0.05, 0.1) is 46.7 Å². The van der Waals surface area contributed by atoms with Crippen LogP contribution in [0, 0.1) is 0 Å². The van der Waals surface area contributed by atoms with Gasteiger partial charge in [-0.2, -0.15) is 0 Å². The number of carbonyl (C=O) groups is 4. The molecule has 232 valence electrons. The summed E-state index contributed by atoms with van der Waals surface area (Å²) >= 11 is 3.49. The summed E-state index contributed by atoms with van der Waals surface area (Å²) in [6, 6.07) is 1.55. The van der Waals surface area contributed by atoms with Gasteiger partial charge in [-0.05, 0) is 60.9 Å². The molecule has 4 N–H and O–H groups in total. The molecule has 0 unspecified atom stereocenters. The molecule has 13 nitrogen and oxygen atoms in total. The lowest BCUT2D eigenvalue weighted by Gasteiger charge is -2.23. The van der Waals surface area contributed by atoms with Gasteiger partial charge in [-0.25, -0.2) is 0 Å². The molecule has 1 aromatic heterocycles. The molecule has 0 saturated carbocycles. The van der Waals surface area contributed by atoms with Crippen molar-refractivity contribution in [3.05, 3.63) is 71.8 Å². The summed E-state index contributed by atoms with van der Waals surface area (Å²) in [7, 11) is 5.01. The summed E-state index contributed by atoms with van der Waals surface area (Å²) in [5, 5.41) is 37.8. The number of ether oxygens (including phenoxy) is 1. The van der Waals surface area contributed by atoms with Crippen LogP contribution in [0.15, 0.2) is 32.3 Å². The van der Waals surface area contributed by atoms with Crippen molar-refractivity contribution in [1.29, 1.82) is 0 Å². The smallest absolute Gasteiger partial charge is 0.260 e. The zero-order chi connectivity index (χ0) is 32.5. The summed E-state index contributed by atoms with van der Waals surface area (Å²) < 4.78 is 5.27. The number of aromatic hydroxyl groups is 3. The van der Waals surface area contributed by atoms with E-state index >= 15 is 0 Å². The number of phenolic OH excluding ortho intramolecular Hbond substituents is 3. The number of nitrogens with zero attached hydrogens (tertiary/aromatic N) is 2. The number of aromatic nitrogens is 1. The van der Waals surface area contributed by atoms with E-state index in [4.69, 9.17) is 9.57 Å². The van der Waals surface area contributed by atoms with E-state index in [1.165, 1.54) is 6.21 Å². The molecule has 1 spiro atoms. The van der Waals surface area contributed by atoms with Gasteiger partial charge in [-0.15, -0.1) is 0 Å². The monoisotopic (exact) mass is 679 g/mol. The number of phenols is 3. The molecule has 0 bridgehead atoms. The van der Waals surface area contributed by atoms with Gasteiger partial charge < -0.3 is 34.8 Å². The second-order valence-electron chi connectivity index (χ2n) is 11.3. The van der Waals surface area contributed by atoms with Gasteiger partial charge >= 0.3 is 0 Å². The number of hydrogen-bond donors (Lipinski definition) is 4. The Kier molecular flexibility index (Phi) is 7.16. The number of oxime groups is 1. The Bertz CT molecular complexity index is 2030. The minimum absolute atomic E-state index is 0.0879. The van der Waals surface area contributed by atoms with Gasteiger partial charge in [-0.1, -0.05) is 5.16 Å². The molecule has 1 atom stereocenters. The van der Waals surface area contributed by atoms with Gasteiger partial charge in [0.15, 0.2) is 23.1 Å². The van der Waals surface area contributed by atoms with Crippen LogP contribution in [-0.4, -0.2) is 88.9 Å². The molecule has 0 fully saturated rings. The van der Waals surface area contributed by atoms with Crippen molar-refractivity contribution < 1.29 is 44.1 Å². The highest BCUT2D eigenvalue weighted by Gasteiger charge is 2.62. The Morgan fingerprint density at radius 1 is 1.02 bits per heavy atom. The number of rotatable bonds is 7. The predicted molar refractivity (Wildman–Crippen MR) is 163 cm³/mol. The highest BCUT2D eigenvalue weighted by molar-refractivity contribution is 9.10. The van der Waals surface area contributed by atoms with E-state index in [0.29, 0.717) is 16.6 Å². The number of pyridine rings is 1. The lowest BCUT2D eigenvalue weighted by Crippen LogP contribution is -2.36. The van der Waals surface area contributed by atoms with Gasteiger partial charge in [0.25, 0.3) is 5.56 Å². The third-order valence-corrected chi connectivity index (χ3v) is 9.38. The molecule has 2 aromatic carbocycles. The van der Waals surface area contributed by atoms with E-state index in [-0.39, 0.29) is 34.9 Å². The van der Waals surface area contributed by atoms with Crippen LogP contribution in [-0.2, 0) is 21.4 Å². The van der Waals surface area contributed by atoms with Crippen molar-refractivity contribution >= 4 is 56.0 Å². The molecule has 6 rings (SSSR count). The number of halogens is 1. The van der Waals surface area contributed by atoms with Crippen molar-refractivity contribution in [2.45, 2.75) is 24.7 Å². The lowest BCUT2D eigenvalue weighted by atomic mass is 9.76. The third-order valence-electron chi connectivity index (χ3n) is 8.47. The van der Waals surface area contributed by atoms with Gasteiger partial charge in [0.1, 0.15) is 29.3 Å². The minimum Gasteiger partial charge on any atom is -0.507 e. The van der Waals surface area contributed by atoms with Crippen molar-refractivity contribution in [3.8, 4) is 17.2 Å². The Hall–Kier alpha value is -4.82. The highest BCUT2D eigenvalue weighted by atomic mass is 79.9. The Morgan fingerprint density at radius 2 is 1.69 bits per heavy atom. The van der Waals surface area contributed by atoms with Crippen LogP contribution in [0.25, 0.3) is 10.8 Å². The van der Waals surface area contributed by atoms with E-state index in [0.717, 1.165) is 26.2 Å². The molecule has 0 amide bonds. The zero-order valence-corrected chi connectivity index (χ0v) is 25.8. The van der Waals surface area contributed by atoms with Gasteiger partial charge in [-0.3, -0.25) is 24.0 Å². The average molecular weight is 680 g/mol. The fourth-order valence-corrected chi connectivity index (χ4v) is 7.17. The minimum atomic E-state index is -2.14. The molecule has 14 heteroatoms. The van der Waals surface area contributed by atoms with Gasteiger partial charge in [0, 0.05) is 28.0 Å². The number of Topliss-reactive ketones (excluding diaryl/α,β-unsaturated/α-hetero) is 3. The molecule has 0 radical (unpaired) electrons. The van der Waals surface area contributed by atoms with Crippen LogP contribution in [0.1, 0.15) is 71.1 Å². The van der Waals surface area contributed by atoms with E-state index in [1.54, 1.807) is 6.07 Å². The second kappa shape index (κ2) is 10.7. The Labute approximate surface area is 262 Å². The molecule has 3 aromatic rings. The SMILES string of the molecule is COC1=CC(=O)c2c(O)c3c(c(O)c2C1=O)C(=O)[C@]1(CCc2c1c(O)c1c(=O)[nH]c(C=NOCCCN(C)C)cc1c2Br)C3=O. The Balaban J connectivity index is 1.47. The first-order valence-electron chi connectivity index (χ1n) is 13.8. The molecule has 1 heterocycles. The highest BCUT2D eigenvalue weighted by Crippen LogP contribution is 2.58. The first-order valence-corrected chi connectivity index (χ1v) is 14.6. The van der Waals surface area contributed by atoms with Crippen molar-refractivity contribution in [3.63, 3.8) is 0 Å². The Morgan fingerprint density at radius 3 is 2.33 bits per heavy atom. The maximum Gasteiger partial charge on any atom is 0.260 e. The van der Waals surface area contributed by atoms with Crippen LogP contribution in [0.3, 0.4) is 0 Å². The molecule has 45 heavy (non-hydrogen) atoms. The number of allylic oxidation sites excluding steroid dienone is 2. The number of carbonyl (C=O) groups excluding carboxylic acids is 4. The largest absolute Gasteiger partial charge is 0.507 e. The number of hydrogen-bond acceptors (Lipinski definition) is 12. The normalized spacial score (nSPS) is 18.7. The number of methoxy groups -OCH3 is 1. The quantitative estimate of drug-likeness (QED) is 0.0942. The molecular formula is C31H26BrN3O10. The van der Waals surface area contributed by atoms with Gasteiger partial charge in [0.2, 0.25) is 5.78 Å². The van der Waals surface area contributed by atoms with E-state index in [1.807, 2.05) is 19.0 Å². The lowest BCUT2D eigenvalue weighted by molar-refractivity contribution is 0.0790. The molecule has 0 saturated heterocycles. The van der Waals surface area contributed by atoms with Crippen molar-refractivity contribution in [1.82, 2.24) is 9.88 Å². The zero-order valence-electron chi connectivity index (χ0n) is 24.2. The van der Waals surface area contributed by atoms with E-state index in [2.05, 4.69) is 26.1 Å². The maximum absolute atomic E-state index is 14.2. The molecule has 3 aliphatic rings. The summed E-state index contributed by atoms with van der Waals surface area (Å²) in [6.07, 6.45) is 2.77. The van der Waals surface area contributed by atoms with Crippen LogP contribution in [0.5, 0.6) is 17.2 Å². The maximum atomic E-state index is 14.2. The fraction of sp³-hybridized carbons (Fsp3) is 0.290. The standard InChI is InChI=1S/C31H26BrN3O10/c1-35(2)7-4-8-45-33-11-12-9-14-17(30(43)34-12)27(40)22-13(23(14)32)5-6-31(22)28(41)20-21(29(31)42)26(39)19-18(25(20)38)15(36)10-16(44-3)24(19)37/h9-11,38-40H,4-8H2,1-3H3,(H,34,43)/t31-/m0/s1. The summed E-state index contributed by atoms with van der Waals surface area (Å²) in [5.41, 5.74) is -4.99. The number of nitrogens with one attached hydrogen (secondary N) is 1.